The van der Waals surface area contributed by atoms with Gasteiger partial charge in [0.1, 0.15) is 11.6 Å². The van der Waals surface area contributed by atoms with Crippen LogP contribution in [0.1, 0.15) is 32.6 Å². The summed E-state index contributed by atoms with van der Waals surface area (Å²) in [6, 6.07) is 4.05. The first-order valence-corrected chi connectivity index (χ1v) is 11.7. The second kappa shape index (κ2) is 8.33. The molecule has 2 aliphatic heterocycles. The minimum atomic E-state index is -6.59. The zero-order valence-electron chi connectivity index (χ0n) is 18.8. The molecule has 0 N–H and O–H groups in total. The van der Waals surface area contributed by atoms with Crippen molar-refractivity contribution in [2.24, 2.45) is 0 Å². The predicted molar refractivity (Wildman–Crippen MR) is 112 cm³/mol. The van der Waals surface area contributed by atoms with Gasteiger partial charge in [-0.15, -0.1) is 0 Å². The molecule has 0 fully saturated rings. The Bertz CT molecular complexity index is 1720. The van der Waals surface area contributed by atoms with E-state index in [1.807, 2.05) is 0 Å². The van der Waals surface area contributed by atoms with Crippen molar-refractivity contribution in [1.29, 1.82) is 0 Å². The molecule has 5 rings (SSSR count). The fourth-order valence-corrected chi connectivity index (χ4v) is 4.72. The highest BCUT2D eigenvalue weighted by atomic mass is 32.2. The van der Waals surface area contributed by atoms with Crippen molar-refractivity contribution >= 4 is 22.6 Å². The van der Waals surface area contributed by atoms with Crippen LogP contribution in [-0.4, -0.2) is 26.4 Å². The Kier molecular flexibility index (Phi) is 5.61. The van der Waals surface area contributed by atoms with Crippen LogP contribution in [-0.2, 0) is 25.3 Å². The summed E-state index contributed by atoms with van der Waals surface area (Å²) >= 11 is 0. The molecule has 3 aromatic rings. The summed E-state index contributed by atoms with van der Waals surface area (Å²) in [5, 5.41) is 0. The van der Waals surface area contributed by atoms with Crippen LogP contribution in [0.2, 0.25) is 0 Å². The predicted octanol–water partition coefficient (Wildman–Crippen LogP) is 4.88. The number of halogens is 7. The van der Waals surface area contributed by atoms with E-state index in [2.05, 4.69) is 8.92 Å². The molecular formula is C23H9F7O8S. The number of fused-ring (bicyclic) bond motifs is 6. The molecule has 0 aromatic heterocycles. The van der Waals surface area contributed by atoms with E-state index >= 15 is 13.2 Å². The van der Waals surface area contributed by atoms with Crippen LogP contribution in [0.3, 0.4) is 0 Å². The van der Waals surface area contributed by atoms with Crippen molar-refractivity contribution in [2.45, 2.75) is 18.0 Å². The number of rotatable bonds is 4. The summed E-state index contributed by atoms with van der Waals surface area (Å²) < 4.78 is 141. The molecule has 8 nitrogen and oxygen atoms in total. The number of ether oxygens (including phenoxy) is 3. The molecule has 0 aliphatic carbocycles. The summed E-state index contributed by atoms with van der Waals surface area (Å²) in [5.74, 6) is -12.6. The average Bonchev–Trinajstić information content (AvgIpc) is 3.14. The molecule has 3 aromatic carbocycles. The number of alkyl halides is 3. The maximum absolute atomic E-state index is 15.5. The quantitative estimate of drug-likeness (QED) is 0.142. The lowest BCUT2D eigenvalue weighted by molar-refractivity contribution is -0.120. The zero-order chi connectivity index (χ0) is 28.7. The maximum Gasteiger partial charge on any atom is 0.534 e. The molecular weight excluding hydrogens is 569 g/mol. The van der Waals surface area contributed by atoms with Gasteiger partial charge in [0.25, 0.3) is 6.47 Å². The van der Waals surface area contributed by atoms with Gasteiger partial charge in [-0.1, -0.05) is 0 Å². The summed E-state index contributed by atoms with van der Waals surface area (Å²) in [4.78, 5) is 23.6. The molecule has 0 saturated carbocycles. The first-order chi connectivity index (χ1) is 18.1. The van der Waals surface area contributed by atoms with Crippen molar-refractivity contribution in [1.82, 2.24) is 0 Å². The zero-order valence-corrected chi connectivity index (χ0v) is 19.6. The third-order valence-corrected chi connectivity index (χ3v) is 6.95. The Morgan fingerprint density at radius 3 is 2.15 bits per heavy atom. The Labute approximate surface area is 212 Å². The fraction of sp³-hybridized carbons (Fsp3) is 0.130. The van der Waals surface area contributed by atoms with Gasteiger partial charge in [0, 0.05) is 11.1 Å². The van der Waals surface area contributed by atoms with Crippen molar-refractivity contribution < 1.29 is 67.1 Å². The smallest absolute Gasteiger partial charge is 0.450 e. The summed E-state index contributed by atoms with van der Waals surface area (Å²) in [6.07, 6.45) is 0. The van der Waals surface area contributed by atoms with Crippen LogP contribution in [0.5, 0.6) is 23.0 Å². The third kappa shape index (κ3) is 3.61. The highest BCUT2D eigenvalue weighted by Crippen LogP contribution is 2.59. The van der Waals surface area contributed by atoms with E-state index in [-0.39, 0.29) is 29.4 Å². The Hall–Kier alpha value is -4.34. The SMILES string of the molecule is Cc1c(F)cc2c(c1F)Oc1c(cc(F)c(OS(=O)(=O)C(F)(F)F)c1F)C21OC(=O)c2cc(OC=O)ccc21. The number of hydrogen-bond donors (Lipinski definition) is 0. The largest absolute Gasteiger partial charge is 0.534 e. The van der Waals surface area contributed by atoms with E-state index < -0.39 is 84.4 Å². The Morgan fingerprint density at radius 1 is 0.923 bits per heavy atom. The maximum atomic E-state index is 15.5. The number of carbonyl (C=O) groups is 2. The molecule has 2 heterocycles. The number of carbonyl (C=O) groups excluding carboxylic acids is 2. The summed E-state index contributed by atoms with van der Waals surface area (Å²) in [5.41, 5.74) is -11.4. The normalized spacial score (nSPS) is 17.6. The van der Waals surface area contributed by atoms with E-state index in [1.165, 1.54) is 0 Å². The lowest BCUT2D eigenvalue weighted by Gasteiger charge is -2.37. The van der Waals surface area contributed by atoms with Crippen LogP contribution >= 0.6 is 0 Å². The molecule has 39 heavy (non-hydrogen) atoms. The summed E-state index contributed by atoms with van der Waals surface area (Å²) in [7, 11) is -6.59. The Morgan fingerprint density at radius 2 is 1.54 bits per heavy atom. The second-order valence-corrected chi connectivity index (χ2v) is 9.67. The number of hydrogen-bond acceptors (Lipinski definition) is 8. The van der Waals surface area contributed by atoms with Gasteiger partial charge in [-0.25, -0.2) is 18.0 Å². The van der Waals surface area contributed by atoms with E-state index in [0.29, 0.717) is 6.07 Å². The molecule has 0 saturated heterocycles. The molecule has 0 radical (unpaired) electrons. The third-order valence-electron chi connectivity index (χ3n) is 5.99. The number of esters is 1. The monoisotopic (exact) mass is 578 g/mol. The molecule has 0 amide bonds. The second-order valence-electron chi connectivity index (χ2n) is 8.13. The lowest BCUT2D eigenvalue weighted by atomic mass is 9.77. The van der Waals surface area contributed by atoms with Crippen LogP contribution in [0.4, 0.5) is 30.7 Å². The van der Waals surface area contributed by atoms with Crippen molar-refractivity contribution in [3.63, 3.8) is 0 Å². The standard InChI is InChI=1S/C23H9F7O8S/c1-8-14(24)5-12-18(16(8)26)36-19-13(6-15(25)20(17(19)27)38-39(33,34)23(28,29)30)22(12)11-3-2-9(35-7-31)4-10(11)21(32)37-22/h2-7H,1H3. The number of benzene rings is 3. The van der Waals surface area contributed by atoms with E-state index in [4.69, 9.17) is 9.47 Å². The first kappa shape index (κ1) is 26.3. The van der Waals surface area contributed by atoms with E-state index in [1.54, 1.807) is 0 Å². The van der Waals surface area contributed by atoms with Gasteiger partial charge in [-0.05, 0) is 37.3 Å². The van der Waals surface area contributed by atoms with Gasteiger partial charge >= 0.3 is 21.6 Å². The van der Waals surface area contributed by atoms with Gasteiger partial charge in [0.05, 0.1) is 16.7 Å². The lowest BCUT2D eigenvalue weighted by Crippen LogP contribution is -2.35. The molecule has 2 aliphatic rings. The van der Waals surface area contributed by atoms with Crippen molar-refractivity contribution in [3.8, 4) is 23.0 Å². The summed E-state index contributed by atoms with van der Waals surface area (Å²) in [6.45, 7) is 0.977. The first-order valence-electron chi connectivity index (χ1n) is 10.3. The Balaban J connectivity index is 1.85. The van der Waals surface area contributed by atoms with Crippen LogP contribution < -0.4 is 13.7 Å². The topological polar surface area (TPSA) is 105 Å². The van der Waals surface area contributed by atoms with Crippen molar-refractivity contribution in [2.75, 3.05) is 0 Å². The molecule has 0 bridgehead atoms. The van der Waals surface area contributed by atoms with Gasteiger partial charge < -0.3 is 18.4 Å². The molecule has 16 heteroatoms. The van der Waals surface area contributed by atoms with Crippen molar-refractivity contribution in [3.05, 3.63) is 81.4 Å². The highest BCUT2D eigenvalue weighted by molar-refractivity contribution is 7.88. The van der Waals surface area contributed by atoms with Crippen LogP contribution in [0, 0.1) is 30.2 Å². The van der Waals surface area contributed by atoms with Gasteiger partial charge in [0.15, 0.2) is 28.7 Å². The van der Waals surface area contributed by atoms with Crippen LogP contribution in [0.15, 0.2) is 30.3 Å². The molecule has 1 spiro atoms. The van der Waals surface area contributed by atoms with Gasteiger partial charge in [0.2, 0.25) is 11.6 Å². The molecule has 1 atom stereocenters. The fourth-order valence-electron chi connectivity index (χ4n) is 4.26. The van der Waals surface area contributed by atoms with Gasteiger partial charge in [-0.2, -0.15) is 26.0 Å². The van der Waals surface area contributed by atoms with E-state index in [9.17, 15) is 35.6 Å². The highest BCUT2D eigenvalue weighted by Gasteiger charge is 2.57. The van der Waals surface area contributed by atoms with Gasteiger partial charge in [-0.3, -0.25) is 4.79 Å². The minimum Gasteiger partial charge on any atom is -0.450 e. The minimum absolute atomic E-state index is 0.0195. The molecule has 1 unspecified atom stereocenters. The average molecular weight is 578 g/mol. The van der Waals surface area contributed by atoms with E-state index in [0.717, 1.165) is 25.1 Å². The van der Waals surface area contributed by atoms with Crippen LogP contribution in [0.25, 0.3) is 0 Å². The molecule has 204 valence electrons.